The number of carboxylic acid groups (broad SMARTS) is 1. The number of nitrogens with one attached hydrogen (secondary N) is 1. The van der Waals surface area contributed by atoms with Crippen molar-refractivity contribution in [2.24, 2.45) is 5.73 Å². The highest BCUT2D eigenvalue weighted by molar-refractivity contribution is 5.88. The molecule has 0 saturated carbocycles. The molecular formula is C6H10N2O4. The molecule has 0 radical (unpaired) electrons. The van der Waals surface area contributed by atoms with E-state index in [0.717, 1.165) is 0 Å². The van der Waals surface area contributed by atoms with Gasteiger partial charge in [-0.2, -0.15) is 0 Å². The van der Waals surface area contributed by atoms with Gasteiger partial charge in [-0.05, 0) is 0 Å². The van der Waals surface area contributed by atoms with Gasteiger partial charge in [-0.1, -0.05) is 0 Å². The summed E-state index contributed by atoms with van der Waals surface area (Å²) in [4.78, 5) is 31.1. The van der Waals surface area contributed by atoms with Crippen LogP contribution in [0.4, 0.5) is 0 Å². The fourth-order valence-corrected chi connectivity index (χ4v) is 0.643. The van der Waals surface area contributed by atoms with E-state index >= 15 is 0 Å². The number of carboxylic acids is 1. The lowest BCUT2D eigenvalue weighted by Crippen LogP contribution is -2.44. The second-order valence-corrected chi connectivity index (χ2v) is 2.25. The lowest BCUT2D eigenvalue weighted by molar-refractivity contribution is -0.140. The number of carbonyl (C=O) groups excluding carboxylic acids is 2. The van der Waals surface area contributed by atoms with Gasteiger partial charge in [0.15, 0.2) is 0 Å². The molecule has 0 aliphatic carbocycles. The van der Waals surface area contributed by atoms with Gasteiger partial charge < -0.3 is 16.2 Å². The van der Waals surface area contributed by atoms with Gasteiger partial charge in [0, 0.05) is 6.92 Å². The van der Waals surface area contributed by atoms with Crippen LogP contribution in [0.3, 0.4) is 0 Å². The van der Waals surface area contributed by atoms with Crippen molar-refractivity contribution in [3.63, 3.8) is 0 Å². The van der Waals surface area contributed by atoms with E-state index in [1.54, 1.807) is 0 Å². The Morgan fingerprint density at radius 2 is 2.00 bits per heavy atom. The first-order valence-electron chi connectivity index (χ1n) is 3.21. The molecule has 0 aliphatic heterocycles. The van der Waals surface area contributed by atoms with Crippen molar-refractivity contribution in [2.75, 3.05) is 0 Å². The van der Waals surface area contributed by atoms with Crippen LogP contribution in [0.25, 0.3) is 0 Å². The van der Waals surface area contributed by atoms with Gasteiger partial charge >= 0.3 is 5.97 Å². The Balaban J connectivity index is 4.14. The van der Waals surface area contributed by atoms with E-state index in [1.165, 1.54) is 6.92 Å². The van der Waals surface area contributed by atoms with Crippen molar-refractivity contribution >= 4 is 17.8 Å². The number of rotatable bonds is 4. The molecule has 6 heteroatoms. The van der Waals surface area contributed by atoms with Crippen molar-refractivity contribution in [1.29, 1.82) is 0 Å². The Bertz CT molecular complexity index is 198. The minimum Gasteiger partial charge on any atom is -0.481 e. The van der Waals surface area contributed by atoms with Crippen molar-refractivity contribution in [3.8, 4) is 0 Å². The highest BCUT2D eigenvalue weighted by atomic mass is 16.4. The van der Waals surface area contributed by atoms with Gasteiger partial charge in [0.2, 0.25) is 11.8 Å². The van der Waals surface area contributed by atoms with E-state index in [4.69, 9.17) is 10.8 Å². The van der Waals surface area contributed by atoms with Crippen LogP contribution < -0.4 is 11.1 Å². The lowest BCUT2D eigenvalue weighted by atomic mass is 10.2. The van der Waals surface area contributed by atoms with Crippen LogP contribution in [0.1, 0.15) is 13.3 Å². The Kier molecular flexibility index (Phi) is 3.75. The van der Waals surface area contributed by atoms with E-state index in [1.807, 2.05) is 0 Å². The summed E-state index contributed by atoms with van der Waals surface area (Å²) in [6, 6.07) is -1.13. The summed E-state index contributed by atoms with van der Waals surface area (Å²) >= 11 is 0. The van der Waals surface area contributed by atoms with Crippen LogP contribution in [0.5, 0.6) is 0 Å². The molecule has 0 fully saturated rings. The molecule has 0 bridgehead atoms. The molecule has 0 aliphatic rings. The summed E-state index contributed by atoms with van der Waals surface area (Å²) in [5.41, 5.74) is 4.82. The van der Waals surface area contributed by atoms with E-state index in [9.17, 15) is 14.4 Å². The van der Waals surface area contributed by atoms with E-state index in [-0.39, 0.29) is 0 Å². The molecule has 1 atom stereocenters. The van der Waals surface area contributed by atoms with Gasteiger partial charge in [0.05, 0.1) is 6.42 Å². The van der Waals surface area contributed by atoms with Crippen LogP contribution in [0, 0.1) is 0 Å². The second-order valence-electron chi connectivity index (χ2n) is 2.25. The summed E-state index contributed by atoms with van der Waals surface area (Å²) in [5.74, 6) is -2.53. The van der Waals surface area contributed by atoms with Crippen LogP contribution in [0.15, 0.2) is 0 Å². The maximum atomic E-state index is 10.5. The van der Waals surface area contributed by atoms with Crippen LogP contribution in [-0.2, 0) is 14.4 Å². The third kappa shape index (κ3) is 4.26. The summed E-state index contributed by atoms with van der Waals surface area (Å²) in [5, 5.41) is 10.4. The maximum Gasteiger partial charge on any atom is 0.305 e. The number of hydrogen-bond acceptors (Lipinski definition) is 3. The number of primary amides is 1. The highest BCUT2D eigenvalue weighted by Gasteiger charge is 2.19. The monoisotopic (exact) mass is 174 g/mol. The zero-order valence-electron chi connectivity index (χ0n) is 6.53. The summed E-state index contributed by atoms with van der Waals surface area (Å²) in [7, 11) is 0. The van der Waals surface area contributed by atoms with Crippen molar-refractivity contribution in [1.82, 2.24) is 5.32 Å². The van der Waals surface area contributed by atoms with Crippen LogP contribution in [-0.4, -0.2) is 28.9 Å². The van der Waals surface area contributed by atoms with Crippen molar-refractivity contribution < 1.29 is 19.5 Å². The smallest absolute Gasteiger partial charge is 0.305 e. The molecule has 6 nitrogen and oxygen atoms in total. The number of aliphatic carboxylic acids is 1. The molecule has 0 rings (SSSR count). The number of hydrogen-bond donors (Lipinski definition) is 3. The molecule has 0 unspecified atom stereocenters. The van der Waals surface area contributed by atoms with Crippen molar-refractivity contribution in [2.45, 2.75) is 19.4 Å². The van der Waals surface area contributed by atoms with Crippen molar-refractivity contribution in [3.05, 3.63) is 0 Å². The van der Waals surface area contributed by atoms with E-state index in [2.05, 4.69) is 5.32 Å². The Hall–Kier alpha value is -1.59. The van der Waals surface area contributed by atoms with E-state index in [0.29, 0.717) is 0 Å². The van der Waals surface area contributed by atoms with Crippen LogP contribution >= 0.6 is 0 Å². The quantitative estimate of drug-likeness (QED) is 0.479. The summed E-state index contributed by atoms with van der Waals surface area (Å²) in [6.45, 7) is 1.18. The summed E-state index contributed by atoms with van der Waals surface area (Å²) < 4.78 is 0. The summed E-state index contributed by atoms with van der Waals surface area (Å²) in [6.07, 6.45) is -0.491. The predicted molar refractivity (Wildman–Crippen MR) is 39.1 cm³/mol. The molecule has 0 aromatic heterocycles. The first-order chi connectivity index (χ1) is 5.43. The van der Waals surface area contributed by atoms with E-state index < -0.39 is 30.2 Å². The zero-order chi connectivity index (χ0) is 9.72. The molecule has 12 heavy (non-hydrogen) atoms. The fourth-order valence-electron chi connectivity index (χ4n) is 0.643. The number of nitrogens with two attached hydrogens (primary N) is 1. The third-order valence-corrected chi connectivity index (χ3v) is 1.10. The second kappa shape index (κ2) is 4.32. The van der Waals surface area contributed by atoms with Crippen LogP contribution in [0.2, 0.25) is 0 Å². The topological polar surface area (TPSA) is 109 Å². The molecule has 0 aromatic carbocycles. The molecule has 0 saturated heterocycles. The highest BCUT2D eigenvalue weighted by Crippen LogP contribution is 1.90. The van der Waals surface area contributed by atoms with Gasteiger partial charge in [-0.15, -0.1) is 0 Å². The first-order valence-corrected chi connectivity index (χ1v) is 3.21. The molecule has 2 amide bonds. The number of amides is 2. The Morgan fingerprint density at radius 3 is 2.25 bits per heavy atom. The predicted octanol–water partition coefficient (Wildman–Crippen LogP) is -1.55. The molecular weight excluding hydrogens is 164 g/mol. The standard InChI is InChI=1S/C6H10N2O4/c1-3(9)8-4(6(7)12)2-5(10)11/h4H,2H2,1H3,(H2,7,12)(H,8,9)(H,10,11)/t4-/m0/s1. The number of carbonyl (C=O) groups is 3. The molecule has 0 aromatic rings. The minimum atomic E-state index is -1.19. The Morgan fingerprint density at radius 1 is 1.50 bits per heavy atom. The van der Waals surface area contributed by atoms with Gasteiger partial charge in [0.1, 0.15) is 6.04 Å². The third-order valence-electron chi connectivity index (χ3n) is 1.10. The largest absolute Gasteiger partial charge is 0.481 e. The minimum absolute atomic E-state index is 0.486. The lowest BCUT2D eigenvalue weighted by Gasteiger charge is -2.10. The average Bonchev–Trinajstić information content (AvgIpc) is 1.83. The molecule has 0 heterocycles. The van der Waals surface area contributed by atoms with Gasteiger partial charge in [0.25, 0.3) is 0 Å². The van der Waals surface area contributed by atoms with Gasteiger partial charge in [-0.25, -0.2) is 0 Å². The first kappa shape index (κ1) is 10.4. The Labute approximate surface area is 68.7 Å². The molecule has 68 valence electrons. The molecule has 4 N–H and O–H groups in total. The van der Waals surface area contributed by atoms with Gasteiger partial charge in [-0.3, -0.25) is 14.4 Å². The fraction of sp³-hybridized carbons (Fsp3) is 0.500. The maximum absolute atomic E-state index is 10.5. The average molecular weight is 174 g/mol. The zero-order valence-corrected chi connectivity index (χ0v) is 6.53. The SMILES string of the molecule is CC(=O)N[C@@H](CC(=O)O)C(N)=O. The molecule has 0 spiro atoms. The normalized spacial score (nSPS) is 11.8.